The highest BCUT2D eigenvalue weighted by Gasteiger charge is 2.01. The number of allylic oxidation sites excluding steroid dienone is 1. The van der Waals surface area contributed by atoms with Crippen LogP contribution in [0.15, 0.2) is 12.7 Å². The van der Waals surface area contributed by atoms with Crippen LogP contribution in [0.25, 0.3) is 0 Å². The molecule has 0 bridgehead atoms. The second-order valence-electron chi connectivity index (χ2n) is 2.49. The average Bonchev–Trinajstić information content (AvgIpc) is 1.98. The fourth-order valence-electron chi connectivity index (χ4n) is 0.998. The Bertz CT molecular complexity index is 78.8. The van der Waals surface area contributed by atoms with Crippen LogP contribution >= 0.6 is 0 Å². The molecule has 0 aromatic heterocycles. The molecule has 1 N–H and O–H groups in total. The van der Waals surface area contributed by atoms with Crippen LogP contribution in [0.5, 0.6) is 0 Å². The summed E-state index contributed by atoms with van der Waals surface area (Å²) in [6.45, 7) is 7.50. The standard InChI is InChI=1S/C9H18N/c1-4-6-8-9(10-3)7-5-2/h4,9-10H,1-2,5-8H2,3H3. The predicted molar refractivity (Wildman–Crippen MR) is 46.9 cm³/mol. The number of nitrogens with one attached hydrogen (secondary N) is 1. The largest absolute Gasteiger partial charge is 0.317 e. The smallest absolute Gasteiger partial charge is 0.00670 e. The summed E-state index contributed by atoms with van der Waals surface area (Å²) in [5.74, 6) is 0. The van der Waals surface area contributed by atoms with Gasteiger partial charge in [-0.05, 0) is 26.3 Å². The molecule has 0 aromatic carbocycles. The Morgan fingerprint density at radius 2 is 2.20 bits per heavy atom. The van der Waals surface area contributed by atoms with Crippen LogP contribution in [0.3, 0.4) is 0 Å². The molecule has 0 amide bonds. The molecule has 0 heterocycles. The van der Waals surface area contributed by atoms with Gasteiger partial charge in [-0.15, -0.1) is 6.58 Å². The molecular weight excluding hydrogens is 122 g/mol. The Kier molecular flexibility index (Phi) is 6.61. The van der Waals surface area contributed by atoms with Crippen molar-refractivity contribution in [3.8, 4) is 0 Å². The monoisotopic (exact) mass is 140 g/mol. The lowest BCUT2D eigenvalue weighted by molar-refractivity contribution is 0.496. The van der Waals surface area contributed by atoms with E-state index in [1.54, 1.807) is 0 Å². The second kappa shape index (κ2) is 6.81. The second-order valence-corrected chi connectivity index (χ2v) is 2.49. The first-order valence-corrected chi connectivity index (χ1v) is 3.92. The summed E-state index contributed by atoms with van der Waals surface area (Å²) in [7, 11) is 2.00. The SMILES string of the molecule is [CH2]CCC(CCC=C)NC. The molecule has 10 heavy (non-hydrogen) atoms. The third kappa shape index (κ3) is 4.57. The van der Waals surface area contributed by atoms with Crippen molar-refractivity contribution in [1.29, 1.82) is 0 Å². The molecule has 0 saturated heterocycles. The van der Waals surface area contributed by atoms with Crippen LogP contribution in [0.1, 0.15) is 25.7 Å². The van der Waals surface area contributed by atoms with Gasteiger partial charge < -0.3 is 5.32 Å². The van der Waals surface area contributed by atoms with Crippen LogP contribution in [0.2, 0.25) is 0 Å². The van der Waals surface area contributed by atoms with E-state index in [4.69, 9.17) is 0 Å². The summed E-state index contributed by atoms with van der Waals surface area (Å²) in [5, 5.41) is 3.25. The quantitative estimate of drug-likeness (QED) is 0.557. The normalized spacial score (nSPS) is 13.0. The van der Waals surface area contributed by atoms with E-state index in [1.807, 2.05) is 13.1 Å². The van der Waals surface area contributed by atoms with Crippen molar-refractivity contribution in [2.45, 2.75) is 31.7 Å². The van der Waals surface area contributed by atoms with Gasteiger partial charge in [-0.3, -0.25) is 0 Å². The van der Waals surface area contributed by atoms with Gasteiger partial charge in [0.2, 0.25) is 0 Å². The van der Waals surface area contributed by atoms with Crippen LogP contribution < -0.4 is 5.32 Å². The molecule has 0 aliphatic carbocycles. The van der Waals surface area contributed by atoms with Crippen LogP contribution in [-0.4, -0.2) is 13.1 Å². The van der Waals surface area contributed by atoms with E-state index in [0.29, 0.717) is 6.04 Å². The average molecular weight is 140 g/mol. The third-order valence-corrected chi connectivity index (χ3v) is 1.68. The molecule has 0 fully saturated rings. The van der Waals surface area contributed by atoms with Gasteiger partial charge in [0.05, 0.1) is 0 Å². The molecule has 0 aromatic rings. The minimum absolute atomic E-state index is 0.635. The highest BCUT2D eigenvalue weighted by atomic mass is 14.9. The maximum atomic E-state index is 3.82. The van der Waals surface area contributed by atoms with E-state index in [-0.39, 0.29) is 0 Å². The van der Waals surface area contributed by atoms with E-state index in [2.05, 4.69) is 18.8 Å². The Morgan fingerprint density at radius 3 is 2.60 bits per heavy atom. The summed E-state index contributed by atoms with van der Waals surface area (Å²) < 4.78 is 0. The zero-order valence-electron chi connectivity index (χ0n) is 6.90. The van der Waals surface area contributed by atoms with Gasteiger partial charge in [-0.1, -0.05) is 19.4 Å². The van der Waals surface area contributed by atoms with Crippen LogP contribution in [0, 0.1) is 6.92 Å². The molecular formula is C9H18N. The Balaban J connectivity index is 3.29. The van der Waals surface area contributed by atoms with Gasteiger partial charge in [0.1, 0.15) is 0 Å². The highest BCUT2D eigenvalue weighted by Crippen LogP contribution is 2.03. The highest BCUT2D eigenvalue weighted by molar-refractivity contribution is 4.72. The van der Waals surface area contributed by atoms with Crippen molar-refractivity contribution in [3.63, 3.8) is 0 Å². The first-order chi connectivity index (χ1) is 4.85. The molecule has 0 aliphatic rings. The summed E-state index contributed by atoms with van der Waals surface area (Å²) in [6.07, 6.45) is 6.45. The zero-order valence-corrected chi connectivity index (χ0v) is 6.90. The lowest BCUT2D eigenvalue weighted by atomic mass is 10.1. The van der Waals surface area contributed by atoms with E-state index >= 15 is 0 Å². The van der Waals surface area contributed by atoms with Gasteiger partial charge in [0, 0.05) is 6.04 Å². The molecule has 59 valence electrons. The fourth-order valence-corrected chi connectivity index (χ4v) is 0.998. The summed E-state index contributed by atoms with van der Waals surface area (Å²) >= 11 is 0. The number of rotatable bonds is 6. The number of hydrogen-bond donors (Lipinski definition) is 1. The van der Waals surface area contributed by atoms with Gasteiger partial charge >= 0.3 is 0 Å². The van der Waals surface area contributed by atoms with E-state index in [1.165, 1.54) is 12.8 Å². The molecule has 1 heteroatoms. The topological polar surface area (TPSA) is 12.0 Å². The molecule has 0 spiro atoms. The van der Waals surface area contributed by atoms with Gasteiger partial charge in [0.15, 0.2) is 0 Å². The Morgan fingerprint density at radius 1 is 1.50 bits per heavy atom. The van der Waals surface area contributed by atoms with E-state index in [0.717, 1.165) is 12.8 Å². The van der Waals surface area contributed by atoms with Crippen molar-refractivity contribution in [3.05, 3.63) is 19.6 Å². The van der Waals surface area contributed by atoms with Crippen LogP contribution in [-0.2, 0) is 0 Å². The number of hydrogen-bond acceptors (Lipinski definition) is 1. The molecule has 0 aliphatic heterocycles. The summed E-state index contributed by atoms with van der Waals surface area (Å²) in [6, 6.07) is 0.635. The van der Waals surface area contributed by atoms with Gasteiger partial charge in [0.25, 0.3) is 0 Å². The Hall–Kier alpha value is -0.300. The van der Waals surface area contributed by atoms with E-state index < -0.39 is 0 Å². The molecule has 0 rings (SSSR count). The van der Waals surface area contributed by atoms with Crippen LogP contribution in [0.4, 0.5) is 0 Å². The predicted octanol–water partition coefficient (Wildman–Crippen LogP) is 2.15. The lowest BCUT2D eigenvalue weighted by Gasteiger charge is -2.12. The maximum absolute atomic E-state index is 3.82. The summed E-state index contributed by atoms with van der Waals surface area (Å²) in [5.41, 5.74) is 0. The van der Waals surface area contributed by atoms with Crippen molar-refractivity contribution in [2.75, 3.05) is 7.05 Å². The van der Waals surface area contributed by atoms with Crippen molar-refractivity contribution in [2.24, 2.45) is 0 Å². The first kappa shape index (κ1) is 9.70. The van der Waals surface area contributed by atoms with Gasteiger partial charge in [-0.2, -0.15) is 0 Å². The molecule has 0 saturated carbocycles. The zero-order chi connectivity index (χ0) is 7.82. The minimum atomic E-state index is 0.635. The summed E-state index contributed by atoms with van der Waals surface area (Å²) in [4.78, 5) is 0. The Labute approximate surface area is 64.5 Å². The third-order valence-electron chi connectivity index (χ3n) is 1.68. The lowest BCUT2D eigenvalue weighted by Crippen LogP contribution is -2.24. The van der Waals surface area contributed by atoms with Crippen molar-refractivity contribution < 1.29 is 0 Å². The van der Waals surface area contributed by atoms with Crippen molar-refractivity contribution >= 4 is 0 Å². The van der Waals surface area contributed by atoms with Gasteiger partial charge in [-0.25, -0.2) is 0 Å². The van der Waals surface area contributed by atoms with Crippen molar-refractivity contribution in [1.82, 2.24) is 5.32 Å². The first-order valence-electron chi connectivity index (χ1n) is 3.92. The molecule has 1 radical (unpaired) electrons. The fraction of sp³-hybridized carbons (Fsp3) is 0.667. The molecule has 1 atom stereocenters. The molecule has 1 unspecified atom stereocenters. The minimum Gasteiger partial charge on any atom is -0.317 e. The van der Waals surface area contributed by atoms with E-state index in [9.17, 15) is 0 Å². The maximum Gasteiger partial charge on any atom is 0.00670 e. The molecule has 1 nitrogen and oxygen atoms in total.